The minimum atomic E-state index is -4.62. The highest BCUT2D eigenvalue weighted by atomic mass is 79.9. The molecule has 0 heterocycles. The van der Waals surface area contributed by atoms with E-state index in [9.17, 15) is 23.1 Å². The number of aliphatic hydroxyl groups excluding tert-OH is 1. The summed E-state index contributed by atoms with van der Waals surface area (Å²) >= 11 is 2.96. The summed E-state index contributed by atoms with van der Waals surface area (Å²) in [6.07, 6.45) is -4.93. The van der Waals surface area contributed by atoms with Gasteiger partial charge in [0.2, 0.25) is 0 Å². The fourth-order valence-electron chi connectivity index (χ4n) is 1.88. The number of rotatable bonds is 5. The van der Waals surface area contributed by atoms with Crippen LogP contribution in [-0.2, 0) is 6.18 Å². The SMILES string of the molecule is CC(C)CC(O)CNC(=O)c1ccc(Br)cc1C(F)(F)F. The Morgan fingerprint density at radius 2 is 2.00 bits per heavy atom. The molecule has 0 fully saturated rings. The van der Waals surface area contributed by atoms with Crippen LogP contribution in [0.2, 0.25) is 0 Å². The number of amides is 1. The monoisotopic (exact) mass is 367 g/mol. The molecule has 1 rings (SSSR count). The maximum Gasteiger partial charge on any atom is 0.417 e. The van der Waals surface area contributed by atoms with Gasteiger partial charge in [-0.25, -0.2) is 0 Å². The maximum atomic E-state index is 12.9. The average Bonchev–Trinajstić information content (AvgIpc) is 2.34. The number of carbonyl (C=O) groups is 1. The van der Waals surface area contributed by atoms with Gasteiger partial charge in [-0.3, -0.25) is 4.79 Å². The van der Waals surface area contributed by atoms with Crippen LogP contribution in [0.3, 0.4) is 0 Å². The number of benzene rings is 1. The van der Waals surface area contributed by atoms with Gasteiger partial charge < -0.3 is 10.4 Å². The zero-order chi connectivity index (χ0) is 16.2. The smallest absolute Gasteiger partial charge is 0.391 e. The van der Waals surface area contributed by atoms with Crippen LogP contribution in [0, 0.1) is 5.92 Å². The number of nitrogens with one attached hydrogen (secondary N) is 1. The summed E-state index contributed by atoms with van der Waals surface area (Å²) in [5.41, 5.74) is -1.46. The molecular weight excluding hydrogens is 351 g/mol. The van der Waals surface area contributed by atoms with E-state index in [-0.39, 0.29) is 16.9 Å². The van der Waals surface area contributed by atoms with Crippen LogP contribution < -0.4 is 5.32 Å². The molecule has 1 amide bonds. The van der Waals surface area contributed by atoms with Crippen molar-refractivity contribution < 1.29 is 23.1 Å². The summed E-state index contributed by atoms with van der Waals surface area (Å²) in [5.74, 6) is -0.618. The van der Waals surface area contributed by atoms with E-state index in [1.54, 1.807) is 0 Å². The van der Waals surface area contributed by atoms with Crippen LogP contribution in [0.4, 0.5) is 13.2 Å². The van der Waals surface area contributed by atoms with Crippen LogP contribution in [0.25, 0.3) is 0 Å². The molecular formula is C14H17BrF3NO2. The minimum Gasteiger partial charge on any atom is -0.391 e. The van der Waals surface area contributed by atoms with E-state index in [1.807, 2.05) is 13.8 Å². The molecule has 0 radical (unpaired) electrons. The van der Waals surface area contributed by atoms with Gasteiger partial charge in [-0.2, -0.15) is 13.2 Å². The predicted octanol–water partition coefficient (Wildman–Crippen LogP) is 3.60. The number of hydrogen-bond donors (Lipinski definition) is 2. The fraction of sp³-hybridized carbons (Fsp3) is 0.500. The number of alkyl halides is 3. The fourth-order valence-corrected chi connectivity index (χ4v) is 2.24. The molecule has 0 aliphatic carbocycles. The number of hydrogen-bond acceptors (Lipinski definition) is 2. The van der Waals surface area contributed by atoms with E-state index in [2.05, 4.69) is 21.2 Å². The summed E-state index contributed by atoms with van der Waals surface area (Å²) in [4.78, 5) is 11.9. The van der Waals surface area contributed by atoms with Gasteiger partial charge in [0.15, 0.2) is 0 Å². The molecule has 3 nitrogen and oxygen atoms in total. The summed E-state index contributed by atoms with van der Waals surface area (Å²) in [6.45, 7) is 3.73. The Morgan fingerprint density at radius 3 is 2.52 bits per heavy atom. The lowest BCUT2D eigenvalue weighted by Crippen LogP contribution is -2.33. The number of aliphatic hydroxyl groups is 1. The van der Waals surface area contributed by atoms with Gasteiger partial charge >= 0.3 is 6.18 Å². The highest BCUT2D eigenvalue weighted by Gasteiger charge is 2.35. The molecule has 1 aromatic carbocycles. The Kier molecular flexibility index (Phi) is 6.22. The summed E-state index contributed by atoms with van der Waals surface area (Å²) in [7, 11) is 0. The van der Waals surface area contributed by atoms with E-state index in [4.69, 9.17) is 0 Å². The third-order valence-electron chi connectivity index (χ3n) is 2.77. The van der Waals surface area contributed by atoms with Gasteiger partial charge in [0, 0.05) is 11.0 Å². The number of carbonyl (C=O) groups excluding carboxylic acids is 1. The molecule has 0 aliphatic heterocycles. The second-order valence-electron chi connectivity index (χ2n) is 5.18. The first kappa shape index (κ1) is 18.0. The van der Waals surface area contributed by atoms with Gasteiger partial charge in [-0.15, -0.1) is 0 Å². The van der Waals surface area contributed by atoms with Crippen molar-refractivity contribution in [3.05, 3.63) is 33.8 Å². The molecule has 0 aliphatic rings. The van der Waals surface area contributed by atoms with Crippen LogP contribution in [0.1, 0.15) is 36.2 Å². The predicted molar refractivity (Wildman–Crippen MR) is 76.9 cm³/mol. The summed E-state index contributed by atoms with van der Waals surface area (Å²) in [6, 6.07) is 3.34. The van der Waals surface area contributed by atoms with E-state index < -0.39 is 29.3 Å². The van der Waals surface area contributed by atoms with Crippen LogP contribution in [-0.4, -0.2) is 23.7 Å². The lowest BCUT2D eigenvalue weighted by molar-refractivity contribution is -0.138. The second kappa shape index (κ2) is 7.26. The zero-order valence-electron chi connectivity index (χ0n) is 11.7. The molecule has 0 saturated heterocycles. The lowest BCUT2D eigenvalue weighted by atomic mass is 10.0. The van der Waals surface area contributed by atoms with Gasteiger partial charge in [-0.05, 0) is 30.5 Å². The van der Waals surface area contributed by atoms with Gasteiger partial charge in [0.25, 0.3) is 5.91 Å². The molecule has 21 heavy (non-hydrogen) atoms. The summed E-state index contributed by atoms with van der Waals surface area (Å²) < 4.78 is 39.0. The molecule has 1 unspecified atom stereocenters. The Bertz CT molecular complexity index is 503. The normalized spacial score (nSPS) is 13.3. The standard InChI is InChI=1S/C14H17BrF3NO2/c1-8(2)5-10(20)7-19-13(21)11-4-3-9(15)6-12(11)14(16,17)18/h3-4,6,8,10,20H,5,7H2,1-2H3,(H,19,21). The van der Waals surface area contributed by atoms with Crippen LogP contribution >= 0.6 is 15.9 Å². The first-order chi connectivity index (χ1) is 9.61. The van der Waals surface area contributed by atoms with E-state index in [0.29, 0.717) is 6.42 Å². The molecule has 118 valence electrons. The molecule has 0 saturated carbocycles. The van der Waals surface area contributed by atoms with Gasteiger partial charge in [0.1, 0.15) is 0 Å². The molecule has 1 atom stereocenters. The second-order valence-corrected chi connectivity index (χ2v) is 6.10. The number of halogens is 4. The zero-order valence-corrected chi connectivity index (χ0v) is 13.3. The van der Waals surface area contributed by atoms with Crippen LogP contribution in [0.15, 0.2) is 22.7 Å². The van der Waals surface area contributed by atoms with Crippen molar-refractivity contribution in [1.82, 2.24) is 5.32 Å². The Balaban J connectivity index is 2.83. The Morgan fingerprint density at radius 1 is 1.38 bits per heavy atom. The van der Waals surface area contributed by atoms with Crippen molar-refractivity contribution in [3.63, 3.8) is 0 Å². The van der Waals surface area contributed by atoms with Crippen molar-refractivity contribution in [2.45, 2.75) is 32.5 Å². The Labute approximate surface area is 129 Å². The van der Waals surface area contributed by atoms with Gasteiger partial charge in [0.05, 0.1) is 17.2 Å². The van der Waals surface area contributed by atoms with E-state index in [0.717, 1.165) is 12.1 Å². The molecule has 2 N–H and O–H groups in total. The van der Waals surface area contributed by atoms with Crippen LogP contribution in [0.5, 0.6) is 0 Å². The highest BCUT2D eigenvalue weighted by Crippen LogP contribution is 2.33. The molecule has 0 bridgehead atoms. The first-order valence-electron chi connectivity index (χ1n) is 6.44. The molecule has 0 spiro atoms. The van der Waals surface area contributed by atoms with Crippen molar-refractivity contribution in [2.75, 3.05) is 6.54 Å². The van der Waals surface area contributed by atoms with Crippen molar-refractivity contribution in [3.8, 4) is 0 Å². The largest absolute Gasteiger partial charge is 0.417 e. The topological polar surface area (TPSA) is 49.3 Å². The van der Waals surface area contributed by atoms with Crippen molar-refractivity contribution >= 4 is 21.8 Å². The minimum absolute atomic E-state index is 0.0790. The third-order valence-corrected chi connectivity index (χ3v) is 3.27. The molecule has 0 aromatic heterocycles. The maximum absolute atomic E-state index is 12.9. The highest BCUT2D eigenvalue weighted by molar-refractivity contribution is 9.10. The van der Waals surface area contributed by atoms with Crippen molar-refractivity contribution in [2.24, 2.45) is 5.92 Å². The first-order valence-corrected chi connectivity index (χ1v) is 7.23. The quantitative estimate of drug-likeness (QED) is 0.835. The van der Waals surface area contributed by atoms with E-state index >= 15 is 0 Å². The van der Waals surface area contributed by atoms with Crippen molar-refractivity contribution in [1.29, 1.82) is 0 Å². The van der Waals surface area contributed by atoms with Gasteiger partial charge in [-0.1, -0.05) is 29.8 Å². The molecule has 1 aromatic rings. The third kappa shape index (κ3) is 5.67. The van der Waals surface area contributed by atoms with E-state index in [1.165, 1.54) is 6.07 Å². The lowest BCUT2D eigenvalue weighted by Gasteiger charge is -2.16. The Hall–Kier alpha value is -1.08. The molecule has 7 heteroatoms. The average molecular weight is 368 g/mol. The summed E-state index contributed by atoms with van der Waals surface area (Å²) in [5, 5.41) is 12.0.